The Hall–Kier alpha value is -1.91. The molecule has 22 heavy (non-hydrogen) atoms. The van der Waals surface area contributed by atoms with Crippen LogP contribution >= 0.6 is 0 Å². The van der Waals surface area contributed by atoms with Crippen LogP contribution in [0.5, 0.6) is 0 Å². The summed E-state index contributed by atoms with van der Waals surface area (Å²) in [7, 11) is 0. The van der Waals surface area contributed by atoms with E-state index in [1.807, 2.05) is 31.2 Å². The van der Waals surface area contributed by atoms with Gasteiger partial charge in [-0.15, -0.1) is 0 Å². The number of hydrogen-bond donors (Lipinski definition) is 2. The zero-order chi connectivity index (χ0) is 16.2. The number of rotatable bonds is 5. The lowest BCUT2D eigenvalue weighted by atomic mass is 9.67. The maximum absolute atomic E-state index is 12.8. The molecule has 2 rings (SSSR count). The van der Waals surface area contributed by atoms with E-state index in [9.17, 15) is 14.0 Å². The zero-order valence-electron chi connectivity index (χ0n) is 12.8. The number of nitrogens with one attached hydrogen (secondary N) is 1. The molecule has 1 aromatic carbocycles. The largest absolute Gasteiger partial charge is 0.480 e. The van der Waals surface area contributed by atoms with Crippen LogP contribution in [0, 0.1) is 6.92 Å². The summed E-state index contributed by atoms with van der Waals surface area (Å²) in [6.45, 7) is 0.841. The molecule has 0 spiro atoms. The molecule has 5 heteroatoms. The highest BCUT2D eigenvalue weighted by molar-refractivity contribution is 5.92. The molecule has 0 aliphatic heterocycles. The smallest absolute Gasteiger partial charge is 0.328 e. The minimum Gasteiger partial charge on any atom is -0.480 e. The summed E-state index contributed by atoms with van der Waals surface area (Å²) in [5.41, 5.74) is 1.19. The minimum absolute atomic E-state index is 0.369. The number of halogens is 1. The molecule has 0 heterocycles. The number of benzene rings is 1. The minimum atomic E-state index is -1.48. The molecular weight excluding hydrogens is 285 g/mol. The molecule has 0 saturated heterocycles. The third-order valence-electron chi connectivity index (χ3n) is 4.56. The van der Waals surface area contributed by atoms with Gasteiger partial charge in [-0.2, -0.15) is 0 Å². The molecule has 1 aliphatic rings. The number of carbonyl (C=O) groups excluding carboxylic acids is 1. The molecule has 1 amide bonds. The van der Waals surface area contributed by atoms with Gasteiger partial charge < -0.3 is 10.4 Å². The van der Waals surface area contributed by atoms with Crippen LogP contribution in [-0.4, -0.2) is 29.7 Å². The summed E-state index contributed by atoms with van der Waals surface area (Å²) < 4.78 is 12.8. The second kappa shape index (κ2) is 6.90. The average molecular weight is 307 g/mol. The lowest BCUT2D eigenvalue weighted by molar-refractivity contribution is -0.143. The van der Waals surface area contributed by atoms with Crippen LogP contribution in [-0.2, 0) is 15.0 Å². The van der Waals surface area contributed by atoms with E-state index in [1.165, 1.54) is 0 Å². The van der Waals surface area contributed by atoms with E-state index in [0.717, 1.165) is 30.4 Å². The van der Waals surface area contributed by atoms with Crippen molar-refractivity contribution in [2.24, 2.45) is 0 Å². The summed E-state index contributed by atoms with van der Waals surface area (Å²) in [6, 6.07) is 6.19. The highest BCUT2D eigenvalue weighted by Crippen LogP contribution is 2.41. The summed E-state index contributed by atoms with van der Waals surface area (Å²) >= 11 is 0. The molecule has 0 bridgehead atoms. The van der Waals surface area contributed by atoms with E-state index < -0.39 is 24.1 Å². The first-order valence-electron chi connectivity index (χ1n) is 7.67. The van der Waals surface area contributed by atoms with Crippen LogP contribution in [0.4, 0.5) is 4.39 Å². The molecule has 120 valence electrons. The Morgan fingerprint density at radius 3 is 2.45 bits per heavy atom. The van der Waals surface area contributed by atoms with Crippen molar-refractivity contribution < 1.29 is 19.1 Å². The molecule has 4 nitrogen and oxygen atoms in total. The number of aliphatic carboxylic acids is 1. The van der Waals surface area contributed by atoms with Crippen LogP contribution in [0.15, 0.2) is 24.3 Å². The van der Waals surface area contributed by atoms with Crippen molar-refractivity contribution in [2.45, 2.75) is 50.5 Å². The Bertz CT molecular complexity index is 553. The second-order valence-electron chi connectivity index (χ2n) is 5.98. The summed E-state index contributed by atoms with van der Waals surface area (Å²) in [6.07, 6.45) is 4.22. The van der Waals surface area contributed by atoms with Crippen LogP contribution in [0.3, 0.4) is 0 Å². The molecule has 1 atom stereocenters. The average Bonchev–Trinajstić information content (AvgIpc) is 2.53. The molecular formula is C17H22FNO3. The van der Waals surface area contributed by atoms with Crippen LogP contribution in [0.1, 0.15) is 43.2 Å². The molecule has 1 aromatic rings. The fraction of sp³-hybridized carbons (Fsp3) is 0.529. The van der Waals surface area contributed by atoms with Gasteiger partial charge in [0.2, 0.25) is 5.91 Å². The van der Waals surface area contributed by atoms with Crippen molar-refractivity contribution in [1.82, 2.24) is 5.32 Å². The SMILES string of the molecule is Cc1ccccc1C1(C(=O)NC(CF)C(=O)O)CCCCC1. The van der Waals surface area contributed by atoms with Crippen LogP contribution in [0.25, 0.3) is 0 Å². The maximum atomic E-state index is 12.8. The van der Waals surface area contributed by atoms with Gasteiger partial charge in [-0.3, -0.25) is 4.79 Å². The molecule has 1 aliphatic carbocycles. The van der Waals surface area contributed by atoms with E-state index in [0.29, 0.717) is 12.8 Å². The number of alkyl halides is 1. The maximum Gasteiger partial charge on any atom is 0.328 e. The Kier molecular flexibility index (Phi) is 5.16. The fourth-order valence-corrected chi connectivity index (χ4v) is 3.35. The van der Waals surface area contributed by atoms with Gasteiger partial charge in [0.15, 0.2) is 6.04 Å². The Labute approximate surface area is 129 Å². The normalized spacial score (nSPS) is 18.5. The van der Waals surface area contributed by atoms with Gasteiger partial charge in [-0.05, 0) is 30.9 Å². The quantitative estimate of drug-likeness (QED) is 0.879. The Balaban J connectivity index is 2.35. The second-order valence-corrected chi connectivity index (χ2v) is 5.98. The van der Waals surface area contributed by atoms with E-state index in [-0.39, 0.29) is 5.91 Å². The van der Waals surface area contributed by atoms with Crippen molar-refractivity contribution in [3.63, 3.8) is 0 Å². The van der Waals surface area contributed by atoms with Gasteiger partial charge in [0.1, 0.15) is 6.67 Å². The monoisotopic (exact) mass is 307 g/mol. The Morgan fingerprint density at radius 2 is 1.91 bits per heavy atom. The highest BCUT2D eigenvalue weighted by Gasteiger charge is 2.43. The number of hydrogen-bond acceptors (Lipinski definition) is 2. The summed E-state index contributed by atoms with van der Waals surface area (Å²) in [5, 5.41) is 11.4. The molecule has 2 N–H and O–H groups in total. The first-order valence-corrected chi connectivity index (χ1v) is 7.67. The van der Waals surface area contributed by atoms with Gasteiger partial charge in [-0.1, -0.05) is 43.5 Å². The van der Waals surface area contributed by atoms with E-state index in [4.69, 9.17) is 5.11 Å². The van der Waals surface area contributed by atoms with Gasteiger partial charge in [0, 0.05) is 0 Å². The number of carboxylic acid groups (broad SMARTS) is 1. The van der Waals surface area contributed by atoms with Gasteiger partial charge in [0.25, 0.3) is 0 Å². The molecule has 0 aromatic heterocycles. The zero-order valence-corrected chi connectivity index (χ0v) is 12.8. The number of carboxylic acids is 1. The van der Waals surface area contributed by atoms with Crippen LogP contribution in [0.2, 0.25) is 0 Å². The van der Waals surface area contributed by atoms with E-state index in [2.05, 4.69) is 5.32 Å². The predicted octanol–water partition coefficient (Wildman–Crippen LogP) is 2.74. The Morgan fingerprint density at radius 1 is 1.27 bits per heavy atom. The molecule has 1 unspecified atom stereocenters. The molecule has 0 radical (unpaired) electrons. The third kappa shape index (κ3) is 3.13. The van der Waals surface area contributed by atoms with Gasteiger partial charge in [0.05, 0.1) is 5.41 Å². The number of carbonyl (C=O) groups is 2. The lowest BCUT2D eigenvalue weighted by Gasteiger charge is -2.38. The highest BCUT2D eigenvalue weighted by atomic mass is 19.1. The first kappa shape index (κ1) is 16.5. The number of amides is 1. The summed E-state index contributed by atoms with van der Waals surface area (Å²) in [4.78, 5) is 23.8. The molecule has 1 saturated carbocycles. The van der Waals surface area contributed by atoms with Crippen molar-refractivity contribution in [2.75, 3.05) is 6.67 Å². The first-order chi connectivity index (χ1) is 10.5. The number of aryl methyl sites for hydroxylation is 1. The van der Waals surface area contributed by atoms with E-state index in [1.54, 1.807) is 0 Å². The molecule has 1 fully saturated rings. The predicted molar refractivity (Wildman–Crippen MR) is 81.5 cm³/mol. The van der Waals surface area contributed by atoms with Gasteiger partial charge in [-0.25, -0.2) is 9.18 Å². The summed E-state index contributed by atoms with van der Waals surface area (Å²) in [5.74, 6) is -1.71. The topological polar surface area (TPSA) is 66.4 Å². The fourth-order valence-electron chi connectivity index (χ4n) is 3.35. The van der Waals surface area contributed by atoms with Crippen molar-refractivity contribution in [3.8, 4) is 0 Å². The van der Waals surface area contributed by atoms with Crippen molar-refractivity contribution in [1.29, 1.82) is 0 Å². The van der Waals surface area contributed by atoms with Crippen molar-refractivity contribution >= 4 is 11.9 Å². The van der Waals surface area contributed by atoms with Crippen LogP contribution < -0.4 is 5.32 Å². The lowest BCUT2D eigenvalue weighted by Crippen LogP contribution is -2.52. The standard InChI is InChI=1S/C17H22FNO3/c1-12-7-3-4-8-13(12)17(9-5-2-6-10-17)16(22)19-14(11-18)15(20)21/h3-4,7-8,14H,2,5-6,9-11H2,1H3,(H,19,22)(H,20,21). The van der Waals surface area contributed by atoms with E-state index >= 15 is 0 Å². The third-order valence-corrected chi connectivity index (χ3v) is 4.56. The van der Waals surface area contributed by atoms with Gasteiger partial charge >= 0.3 is 5.97 Å². The van der Waals surface area contributed by atoms with Crippen molar-refractivity contribution in [3.05, 3.63) is 35.4 Å².